The first-order valence-electron chi connectivity index (χ1n) is 8.27. The third-order valence-electron chi connectivity index (χ3n) is 4.08. The van der Waals surface area contributed by atoms with Crippen molar-refractivity contribution in [2.45, 2.75) is 57.2 Å². The monoisotopic (exact) mass is 351 g/mol. The molecule has 136 valence electrons. The fourth-order valence-corrected chi connectivity index (χ4v) is 2.91. The summed E-state index contributed by atoms with van der Waals surface area (Å²) in [5.74, 6) is -2.03. The Morgan fingerprint density at radius 2 is 2.08 bits per heavy atom. The van der Waals surface area contributed by atoms with Crippen molar-refractivity contribution in [3.05, 3.63) is 35.4 Å². The minimum Gasteiger partial charge on any atom is -0.444 e. The molecular formula is C18H23F2N3O2. The number of rotatable bonds is 2. The number of nitrogens with zero attached hydrogens (tertiary/aromatic N) is 1. The molecule has 1 heterocycles. The highest BCUT2D eigenvalue weighted by atomic mass is 19.2. The number of benzene rings is 1. The van der Waals surface area contributed by atoms with Crippen molar-refractivity contribution in [1.29, 1.82) is 5.26 Å². The van der Waals surface area contributed by atoms with Gasteiger partial charge in [0.05, 0.1) is 12.1 Å². The largest absolute Gasteiger partial charge is 0.444 e. The molecule has 7 heteroatoms. The smallest absolute Gasteiger partial charge is 0.407 e. The van der Waals surface area contributed by atoms with Gasteiger partial charge in [0.2, 0.25) is 0 Å². The molecule has 1 fully saturated rings. The van der Waals surface area contributed by atoms with E-state index in [1.807, 2.05) is 0 Å². The molecule has 0 spiro atoms. The van der Waals surface area contributed by atoms with Crippen molar-refractivity contribution in [2.75, 3.05) is 6.54 Å². The quantitative estimate of drug-likeness (QED) is 0.858. The van der Waals surface area contributed by atoms with Crippen molar-refractivity contribution in [2.24, 2.45) is 0 Å². The zero-order valence-electron chi connectivity index (χ0n) is 14.6. The van der Waals surface area contributed by atoms with Crippen molar-refractivity contribution >= 4 is 6.09 Å². The minimum absolute atomic E-state index is 0.280. The van der Waals surface area contributed by atoms with E-state index in [0.29, 0.717) is 19.4 Å². The summed E-state index contributed by atoms with van der Waals surface area (Å²) in [5, 5.41) is 15.1. The van der Waals surface area contributed by atoms with Crippen molar-refractivity contribution < 1.29 is 18.3 Å². The first kappa shape index (κ1) is 19.1. The molecule has 2 N–H and O–H groups in total. The number of nitrogens with one attached hydrogen (secondary N) is 2. The van der Waals surface area contributed by atoms with Crippen LogP contribution in [0.4, 0.5) is 13.6 Å². The Morgan fingerprint density at radius 1 is 1.36 bits per heavy atom. The van der Waals surface area contributed by atoms with Crippen LogP contribution >= 0.6 is 0 Å². The Morgan fingerprint density at radius 3 is 2.72 bits per heavy atom. The van der Waals surface area contributed by atoms with Crippen LogP contribution in [0.3, 0.4) is 0 Å². The maximum Gasteiger partial charge on any atom is 0.407 e. The number of hydrogen-bond donors (Lipinski definition) is 2. The lowest BCUT2D eigenvalue weighted by molar-refractivity contribution is 0.0497. The summed E-state index contributed by atoms with van der Waals surface area (Å²) >= 11 is 0. The van der Waals surface area contributed by atoms with E-state index in [1.165, 1.54) is 6.07 Å². The van der Waals surface area contributed by atoms with Gasteiger partial charge in [0.25, 0.3) is 0 Å². The number of ether oxygens (including phenoxy) is 1. The average molecular weight is 351 g/mol. The molecule has 0 aromatic heterocycles. The molecule has 1 unspecified atom stereocenters. The predicted molar refractivity (Wildman–Crippen MR) is 88.9 cm³/mol. The van der Waals surface area contributed by atoms with Crippen LogP contribution in [0.5, 0.6) is 0 Å². The Hall–Kier alpha value is -2.20. The molecule has 1 aliphatic heterocycles. The Bertz CT molecular complexity index is 667. The second kappa shape index (κ2) is 7.79. The number of amides is 1. The lowest BCUT2D eigenvalue weighted by Crippen LogP contribution is -2.49. The molecule has 0 bridgehead atoms. The first-order valence-corrected chi connectivity index (χ1v) is 8.27. The Balaban J connectivity index is 2.09. The van der Waals surface area contributed by atoms with Crippen molar-refractivity contribution in [3.63, 3.8) is 0 Å². The average Bonchev–Trinajstić information content (AvgIpc) is 2.70. The highest BCUT2D eigenvalue weighted by Gasteiger charge is 2.31. The fourth-order valence-electron chi connectivity index (χ4n) is 2.91. The number of hydrogen-bond acceptors (Lipinski definition) is 4. The number of carbonyl (C=O) groups excluding carboxylic acids is 1. The number of carbonyl (C=O) groups is 1. The highest BCUT2D eigenvalue weighted by Crippen LogP contribution is 2.28. The van der Waals surface area contributed by atoms with E-state index in [2.05, 4.69) is 16.7 Å². The van der Waals surface area contributed by atoms with Crippen LogP contribution in [0.2, 0.25) is 0 Å². The van der Waals surface area contributed by atoms with E-state index < -0.39 is 35.4 Å². The van der Waals surface area contributed by atoms with E-state index in [9.17, 15) is 18.8 Å². The second-order valence-electron chi connectivity index (χ2n) is 7.19. The van der Waals surface area contributed by atoms with Gasteiger partial charge in [0.1, 0.15) is 11.6 Å². The molecular weight excluding hydrogens is 328 g/mol. The van der Waals surface area contributed by atoms with Crippen LogP contribution in [0.25, 0.3) is 0 Å². The van der Waals surface area contributed by atoms with E-state index in [1.54, 1.807) is 26.8 Å². The Kier molecular flexibility index (Phi) is 5.96. The van der Waals surface area contributed by atoms with Crippen LogP contribution in [0.15, 0.2) is 18.2 Å². The van der Waals surface area contributed by atoms with Gasteiger partial charge in [-0.05, 0) is 51.2 Å². The van der Waals surface area contributed by atoms with Gasteiger partial charge >= 0.3 is 6.09 Å². The second-order valence-corrected chi connectivity index (χ2v) is 7.19. The number of nitriles is 1. The van der Waals surface area contributed by atoms with Crippen molar-refractivity contribution in [3.8, 4) is 6.07 Å². The molecule has 0 saturated carbocycles. The van der Waals surface area contributed by atoms with Crippen LogP contribution in [0, 0.1) is 23.0 Å². The maximum absolute atomic E-state index is 14.0. The van der Waals surface area contributed by atoms with Crippen LogP contribution in [0.1, 0.15) is 45.1 Å². The van der Waals surface area contributed by atoms with E-state index in [-0.39, 0.29) is 11.5 Å². The van der Waals surface area contributed by atoms with E-state index in [0.717, 1.165) is 6.07 Å². The predicted octanol–water partition coefficient (Wildman–Crippen LogP) is 3.22. The Labute approximate surface area is 146 Å². The molecule has 0 radical (unpaired) electrons. The van der Waals surface area contributed by atoms with E-state index >= 15 is 0 Å². The third kappa shape index (κ3) is 5.13. The van der Waals surface area contributed by atoms with Gasteiger partial charge in [-0.15, -0.1) is 0 Å². The SMILES string of the molecule is CC(C)(C)OC(=O)N[C@@H]1CC[C@@H](c2cccc(F)c2F)CNC1C#N. The third-order valence-corrected chi connectivity index (χ3v) is 4.08. The summed E-state index contributed by atoms with van der Waals surface area (Å²) < 4.78 is 32.7. The molecule has 1 aromatic rings. The molecule has 2 rings (SSSR count). The van der Waals surface area contributed by atoms with Gasteiger partial charge in [0.15, 0.2) is 11.6 Å². The van der Waals surface area contributed by atoms with Gasteiger partial charge < -0.3 is 10.1 Å². The molecule has 3 atom stereocenters. The van der Waals surface area contributed by atoms with Crippen LogP contribution in [-0.4, -0.2) is 30.3 Å². The van der Waals surface area contributed by atoms with Crippen LogP contribution in [-0.2, 0) is 4.74 Å². The molecule has 1 amide bonds. The zero-order chi connectivity index (χ0) is 18.6. The van der Waals surface area contributed by atoms with Gasteiger partial charge in [0, 0.05) is 6.54 Å². The van der Waals surface area contributed by atoms with E-state index in [4.69, 9.17) is 4.74 Å². The van der Waals surface area contributed by atoms with Crippen molar-refractivity contribution in [1.82, 2.24) is 10.6 Å². The molecule has 0 aliphatic carbocycles. The molecule has 5 nitrogen and oxygen atoms in total. The summed E-state index contributed by atoms with van der Waals surface area (Å²) in [6, 6.07) is 5.11. The lowest BCUT2D eigenvalue weighted by atomic mass is 9.93. The summed E-state index contributed by atoms with van der Waals surface area (Å²) in [6.45, 7) is 5.58. The zero-order valence-corrected chi connectivity index (χ0v) is 14.6. The molecule has 1 aliphatic rings. The molecule has 1 aromatic carbocycles. The standard InChI is InChI=1S/C18H23F2N3O2/c1-18(2,3)25-17(24)23-14-8-7-11(10-22-15(14)9-21)12-5-4-6-13(19)16(12)20/h4-6,11,14-15,22H,7-8,10H2,1-3H3,(H,23,24)/t11-,14-,15?/m1/s1. The summed E-state index contributed by atoms with van der Waals surface area (Å²) in [5.41, 5.74) is -0.362. The van der Waals surface area contributed by atoms with Gasteiger partial charge in [-0.1, -0.05) is 12.1 Å². The summed E-state index contributed by atoms with van der Waals surface area (Å²) in [4.78, 5) is 12.0. The highest BCUT2D eigenvalue weighted by molar-refractivity contribution is 5.68. The van der Waals surface area contributed by atoms with Gasteiger partial charge in [-0.2, -0.15) is 5.26 Å². The maximum atomic E-state index is 14.0. The fraction of sp³-hybridized carbons (Fsp3) is 0.556. The minimum atomic E-state index is -0.887. The molecule has 25 heavy (non-hydrogen) atoms. The van der Waals surface area contributed by atoms with Gasteiger partial charge in [-0.3, -0.25) is 5.32 Å². The van der Waals surface area contributed by atoms with Crippen LogP contribution < -0.4 is 10.6 Å². The topological polar surface area (TPSA) is 74.2 Å². The normalized spacial score (nSPS) is 24.1. The summed E-state index contributed by atoms with van der Waals surface area (Å²) in [7, 11) is 0. The summed E-state index contributed by atoms with van der Waals surface area (Å²) in [6.07, 6.45) is 0.354. The molecule has 1 saturated heterocycles. The number of alkyl carbamates (subject to hydrolysis) is 1. The lowest BCUT2D eigenvalue weighted by Gasteiger charge is -2.25. The van der Waals surface area contributed by atoms with Gasteiger partial charge in [-0.25, -0.2) is 13.6 Å². The number of halogens is 2. The first-order chi connectivity index (χ1) is 11.7.